The molecule has 0 aliphatic heterocycles. The molecule has 0 heterocycles. The third-order valence-corrected chi connectivity index (χ3v) is 4.47. The summed E-state index contributed by atoms with van der Waals surface area (Å²) in [6.07, 6.45) is 0. The van der Waals surface area contributed by atoms with Gasteiger partial charge in [0.15, 0.2) is 0 Å². The average molecular weight is 426 g/mol. The van der Waals surface area contributed by atoms with Gasteiger partial charge >= 0.3 is 0 Å². The number of nitrogens with one attached hydrogen (secondary N) is 3. The predicted octanol–water partition coefficient (Wildman–Crippen LogP) is 3.48. The van der Waals surface area contributed by atoms with Gasteiger partial charge in [-0.3, -0.25) is 25.2 Å². The van der Waals surface area contributed by atoms with Crippen LogP contribution in [0.4, 0.5) is 4.39 Å². The van der Waals surface area contributed by atoms with Crippen molar-refractivity contribution >= 4 is 29.3 Å². The molecule has 3 amide bonds. The Bertz CT molecular complexity index is 1070. The second-order valence-corrected chi connectivity index (χ2v) is 6.69. The van der Waals surface area contributed by atoms with Gasteiger partial charge in [0, 0.05) is 23.2 Å². The number of carbonyl (C=O) groups excluding carboxylic acids is 3. The third kappa shape index (κ3) is 5.42. The van der Waals surface area contributed by atoms with Crippen molar-refractivity contribution in [3.8, 4) is 0 Å². The summed E-state index contributed by atoms with van der Waals surface area (Å²) >= 11 is 5.68. The zero-order valence-corrected chi connectivity index (χ0v) is 16.4. The van der Waals surface area contributed by atoms with Crippen molar-refractivity contribution < 1.29 is 18.8 Å². The lowest BCUT2D eigenvalue weighted by molar-refractivity contribution is 0.0846. The summed E-state index contributed by atoms with van der Waals surface area (Å²) in [5, 5.41) is 2.56. The molecule has 0 saturated heterocycles. The maximum atomic E-state index is 13.2. The van der Waals surface area contributed by atoms with E-state index in [-0.39, 0.29) is 17.1 Å². The second-order valence-electron chi connectivity index (χ2n) is 6.28. The summed E-state index contributed by atoms with van der Waals surface area (Å²) in [5.41, 5.74) is 6.45. The van der Waals surface area contributed by atoms with Gasteiger partial charge in [-0.15, -0.1) is 0 Å². The summed E-state index contributed by atoms with van der Waals surface area (Å²) in [6.45, 7) is 0.209. The van der Waals surface area contributed by atoms with Crippen LogP contribution in [0.25, 0.3) is 0 Å². The van der Waals surface area contributed by atoms with E-state index in [0.29, 0.717) is 11.1 Å². The Morgan fingerprint density at radius 3 is 1.90 bits per heavy atom. The minimum absolute atomic E-state index is 0.127. The molecule has 0 aliphatic rings. The van der Waals surface area contributed by atoms with Crippen molar-refractivity contribution in [3.63, 3.8) is 0 Å². The van der Waals surface area contributed by atoms with E-state index < -0.39 is 23.5 Å². The number of hydrazine groups is 1. The molecule has 0 unspecified atom stereocenters. The van der Waals surface area contributed by atoms with Gasteiger partial charge in [-0.25, -0.2) is 4.39 Å². The highest BCUT2D eigenvalue weighted by Crippen LogP contribution is 2.16. The first-order chi connectivity index (χ1) is 14.4. The molecule has 3 N–H and O–H groups in total. The Kier molecular flexibility index (Phi) is 6.77. The van der Waals surface area contributed by atoms with E-state index >= 15 is 0 Å². The van der Waals surface area contributed by atoms with E-state index in [0.717, 1.165) is 11.6 Å². The highest BCUT2D eigenvalue weighted by molar-refractivity contribution is 6.31. The van der Waals surface area contributed by atoms with Gasteiger partial charge in [0.2, 0.25) is 0 Å². The second kappa shape index (κ2) is 9.67. The van der Waals surface area contributed by atoms with Crippen LogP contribution in [0, 0.1) is 5.82 Å². The number of rotatable bonds is 5. The SMILES string of the molecule is O=C(NCc1ccc(C(=O)NNC(=O)c2ccccc2)cc1)c1ccc(F)c(Cl)c1. The van der Waals surface area contributed by atoms with Crippen LogP contribution in [0.3, 0.4) is 0 Å². The fourth-order valence-corrected chi connectivity index (χ4v) is 2.72. The normalized spacial score (nSPS) is 10.2. The highest BCUT2D eigenvalue weighted by atomic mass is 35.5. The molecule has 0 spiro atoms. The molecule has 0 atom stereocenters. The van der Waals surface area contributed by atoms with Crippen LogP contribution < -0.4 is 16.2 Å². The molecular formula is C22H17ClFN3O3. The van der Waals surface area contributed by atoms with Crippen molar-refractivity contribution in [2.45, 2.75) is 6.54 Å². The van der Waals surface area contributed by atoms with Crippen LogP contribution in [-0.2, 0) is 6.54 Å². The summed E-state index contributed by atoms with van der Waals surface area (Å²) in [7, 11) is 0. The highest BCUT2D eigenvalue weighted by Gasteiger charge is 2.10. The molecule has 152 valence electrons. The van der Waals surface area contributed by atoms with E-state index in [9.17, 15) is 18.8 Å². The molecule has 3 aromatic carbocycles. The fourth-order valence-electron chi connectivity index (χ4n) is 2.54. The van der Waals surface area contributed by atoms with Gasteiger partial charge in [-0.1, -0.05) is 41.9 Å². The van der Waals surface area contributed by atoms with Crippen molar-refractivity contribution in [3.05, 3.63) is 106 Å². The molecule has 8 heteroatoms. The van der Waals surface area contributed by atoms with Crippen molar-refractivity contribution in [2.75, 3.05) is 0 Å². The lowest BCUT2D eigenvalue weighted by Gasteiger charge is -2.09. The van der Waals surface area contributed by atoms with Gasteiger partial charge in [0.1, 0.15) is 5.82 Å². The first-order valence-electron chi connectivity index (χ1n) is 8.92. The first-order valence-corrected chi connectivity index (χ1v) is 9.30. The molecule has 0 radical (unpaired) electrons. The first kappa shape index (κ1) is 21.0. The molecule has 0 saturated carbocycles. The third-order valence-electron chi connectivity index (χ3n) is 4.18. The number of halogens is 2. The minimum Gasteiger partial charge on any atom is -0.348 e. The maximum absolute atomic E-state index is 13.2. The van der Waals surface area contributed by atoms with Crippen LogP contribution in [0.15, 0.2) is 72.8 Å². The lowest BCUT2D eigenvalue weighted by atomic mass is 10.1. The average Bonchev–Trinajstić information content (AvgIpc) is 2.78. The molecule has 3 rings (SSSR count). The Balaban J connectivity index is 1.51. The standard InChI is InChI=1S/C22H17ClFN3O3/c23-18-12-17(10-11-19(18)24)20(28)25-13-14-6-8-16(9-7-14)22(30)27-26-21(29)15-4-2-1-3-5-15/h1-12H,13H2,(H,25,28)(H,26,29)(H,27,30). The number of benzene rings is 3. The zero-order chi connectivity index (χ0) is 21.5. The van der Waals surface area contributed by atoms with E-state index in [4.69, 9.17) is 11.6 Å². The van der Waals surface area contributed by atoms with Crippen LogP contribution in [0.1, 0.15) is 36.6 Å². The van der Waals surface area contributed by atoms with E-state index in [2.05, 4.69) is 16.2 Å². The van der Waals surface area contributed by atoms with Gasteiger partial charge in [-0.2, -0.15) is 0 Å². The Hall–Kier alpha value is -3.71. The molecule has 0 aliphatic carbocycles. The Labute approximate surface area is 177 Å². The van der Waals surface area contributed by atoms with Crippen LogP contribution in [-0.4, -0.2) is 17.7 Å². The molecular weight excluding hydrogens is 409 g/mol. The Morgan fingerprint density at radius 2 is 1.30 bits per heavy atom. The molecule has 0 aromatic heterocycles. The minimum atomic E-state index is -0.595. The number of hydrogen-bond donors (Lipinski definition) is 3. The summed E-state index contributed by atoms with van der Waals surface area (Å²) in [5.74, 6) is -1.90. The lowest BCUT2D eigenvalue weighted by Crippen LogP contribution is -2.41. The largest absolute Gasteiger partial charge is 0.348 e. The van der Waals surface area contributed by atoms with Crippen molar-refractivity contribution in [2.24, 2.45) is 0 Å². The number of carbonyl (C=O) groups is 3. The molecule has 6 nitrogen and oxygen atoms in total. The summed E-state index contributed by atoms with van der Waals surface area (Å²) < 4.78 is 13.2. The van der Waals surface area contributed by atoms with Gasteiger partial charge in [0.05, 0.1) is 5.02 Å². The van der Waals surface area contributed by atoms with Crippen LogP contribution in [0.5, 0.6) is 0 Å². The predicted molar refractivity (Wildman–Crippen MR) is 110 cm³/mol. The van der Waals surface area contributed by atoms with Gasteiger partial charge < -0.3 is 5.32 Å². The molecule has 0 fully saturated rings. The van der Waals surface area contributed by atoms with E-state index in [1.54, 1.807) is 54.6 Å². The van der Waals surface area contributed by atoms with Crippen molar-refractivity contribution in [1.29, 1.82) is 0 Å². The van der Waals surface area contributed by atoms with Crippen molar-refractivity contribution in [1.82, 2.24) is 16.2 Å². The molecule has 30 heavy (non-hydrogen) atoms. The van der Waals surface area contributed by atoms with Gasteiger partial charge in [0.25, 0.3) is 17.7 Å². The van der Waals surface area contributed by atoms with E-state index in [1.807, 2.05) is 0 Å². The monoisotopic (exact) mass is 425 g/mol. The topological polar surface area (TPSA) is 87.3 Å². The molecule has 3 aromatic rings. The zero-order valence-electron chi connectivity index (χ0n) is 15.6. The number of hydrogen-bond acceptors (Lipinski definition) is 3. The van der Waals surface area contributed by atoms with Crippen LogP contribution in [0.2, 0.25) is 5.02 Å². The quantitative estimate of drug-likeness (QED) is 0.547. The maximum Gasteiger partial charge on any atom is 0.269 e. The van der Waals surface area contributed by atoms with Gasteiger partial charge in [-0.05, 0) is 48.0 Å². The summed E-state index contributed by atoms with van der Waals surface area (Å²) in [6, 6.07) is 18.7. The van der Waals surface area contributed by atoms with Crippen LogP contribution >= 0.6 is 11.6 Å². The Morgan fingerprint density at radius 1 is 0.733 bits per heavy atom. The fraction of sp³-hybridized carbons (Fsp3) is 0.0455. The van der Waals surface area contributed by atoms with E-state index in [1.165, 1.54) is 12.1 Å². The smallest absolute Gasteiger partial charge is 0.269 e. The molecule has 0 bridgehead atoms. The number of amides is 3. The summed E-state index contributed by atoms with van der Waals surface area (Å²) in [4.78, 5) is 36.2.